The lowest BCUT2D eigenvalue weighted by molar-refractivity contribution is -0.121. The Kier molecular flexibility index (Phi) is 6.13. The van der Waals surface area contributed by atoms with Crippen molar-refractivity contribution in [3.63, 3.8) is 0 Å². The molecule has 0 saturated heterocycles. The molecule has 1 rings (SSSR count). The van der Waals surface area contributed by atoms with Gasteiger partial charge in [-0.1, -0.05) is 6.07 Å². The molecular weight excluding hydrogens is 327 g/mol. The number of nitrogens with one attached hydrogen (secondary N) is 2. The standard InChI is InChI=1S/C14H18BrFN2O2/c1-8(2)17-12(19)7-9(3)18-14(20)13-10(15)5-4-6-11(13)16/h4-6,8-9H,7H2,1-3H3,(H,17,19)(H,18,20)/t9-/m0/s1. The Morgan fingerprint density at radius 1 is 1.25 bits per heavy atom. The predicted molar refractivity (Wildman–Crippen MR) is 78.9 cm³/mol. The van der Waals surface area contributed by atoms with E-state index in [-0.39, 0.29) is 30.0 Å². The summed E-state index contributed by atoms with van der Waals surface area (Å²) in [6.45, 7) is 5.42. The molecular formula is C14H18BrFN2O2. The molecule has 2 N–H and O–H groups in total. The van der Waals surface area contributed by atoms with E-state index in [0.29, 0.717) is 4.47 Å². The molecule has 1 aromatic rings. The third-order valence-electron chi connectivity index (χ3n) is 2.51. The van der Waals surface area contributed by atoms with E-state index >= 15 is 0 Å². The van der Waals surface area contributed by atoms with Crippen LogP contribution in [0.4, 0.5) is 4.39 Å². The summed E-state index contributed by atoms with van der Waals surface area (Å²) in [6.07, 6.45) is 0.149. The zero-order valence-electron chi connectivity index (χ0n) is 11.7. The molecule has 0 aliphatic rings. The second-order valence-corrected chi connectivity index (χ2v) is 5.75. The summed E-state index contributed by atoms with van der Waals surface area (Å²) < 4.78 is 14.0. The van der Waals surface area contributed by atoms with Crippen LogP contribution in [0.3, 0.4) is 0 Å². The summed E-state index contributed by atoms with van der Waals surface area (Å²) >= 11 is 3.14. The first-order valence-electron chi connectivity index (χ1n) is 6.35. The second kappa shape index (κ2) is 7.38. The fraction of sp³-hybridized carbons (Fsp3) is 0.429. The number of hydrogen-bond donors (Lipinski definition) is 2. The maximum Gasteiger partial charge on any atom is 0.255 e. The largest absolute Gasteiger partial charge is 0.354 e. The van der Waals surface area contributed by atoms with E-state index in [9.17, 15) is 14.0 Å². The Balaban J connectivity index is 2.64. The van der Waals surface area contributed by atoms with Crippen LogP contribution in [0.25, 0.3) is 0 Å². The zero-order valence-corrected chi connectivity index (χ0v) is 13.3. The highest BCUT2D eigenvalue weighted by molar-refractivity contribution is 9.10. The minimum absolute atomic E-state index is 0.0473. The van der Waals surface area contributed by atoms with Gasteiger partial charge in [-0.25, -0.2) is 4.39 Å². The van der Waals surface area contributed by atoms with Crippen molar-refractivity contribution in [1.29, 1.82) is 0 Å². The topological polar surface area (TPSA) is 58.2 Å². The minimum atomic E-state index is -0.601. The van der Waals surface area contributed by atoms with Gasteiger partial charge in [0.1, 0.15) is 5.82 Å². The SMILES string of the molecule is CC(C)NC(=O)C[C@H](C)NC(=O)c1c(F)cccc1Br. The van der Waals surface area contributed by atoms with Crippen LogP contribution in [0.1, 0.15) is 37.6 Å². The van der Waals surface area contributed by atoms with E-state index < -0.39 is 11.7 Å². The van der Waals surface area contributed by atoms with Crippen molar-refractivity contribution in [2.75, 3.05) is 0 Å². The molecule has 0 aromatic heterocycles. The summed E-state index contributed by atoms with van der Waals surface area (Å²) in [7, 11) is 0. The Hall–Kier alpha value is -1.43. The summed E-state index contributed by atoms with van der Waals surface area (Å²) in [6, 6.07) is 3.98. The molecule has 6 heteroatoms. The van der Waals surface area contributed by atoms with E-state index in [4.69, 9.17) is 0 Å². The highest BCUT2D eigenvalue weighted by Gasteiger charge is 2.18. The van der Waals surface area contributed by atoms with Crippen LogP contribution in [0, 0.1) is 5.82 Å². The number of hydrogen-bond acceptors (Lipinski definition) is 2. The van der Waals surface area contributed by atoms with E-state index in [0.717, 1.165) is 0 Å². The maximum absolute atomic E-state index is 13.6. The molecule has 0 aliphatic heterocycles. The Morgan fingerprint density at radius 2 is 1.90 bits per heavy atom. The molecule has 0 bridgehead atoms. The molecule has 110 valence electrons. The first-order valence-corrected chi connectivity index (χ1v) is 7.14. The molecule has 0 spiro atoms. The summed E-state index contributed by atoms with van der Waals surface area (Å²) in [5, 5.41) is 5.35. The molecule has 0 saturated carbocycles. The number of halogens is 2. The average Bonchev–Trinajstić information content (AvgIpc) is 2.26. The number of benzene rings is 1. The van der Waals surface area contributed by atoms with Crippen LogP contribution in [-0.4, -0.2) is 23.9 Å². The van der Waals surface area contributed by atoms with E-state index in [1.165, 1.54) is 12.1 Å². The molecule has 1 atom stereocenters. The number of rotatable bonds is 5. The summed E-state index contributed by atoms with van der Waals surface area (Å²) in [4.78, 5) is 23.6. The van der Waals surface area contributed by atoms with Crippen LogP contribution in [0.5, 0.6) is 0 Å². The molecule has 0 unspecified atom stereocenters. The van der Waals surface area contributed by atoms with Gasteiger partial charge < -0.3 is 10.6 Å². The Morgan fingerprint density at radius 3 is 2.45 bits per heavy atom. The van der Waals surface area contributed by atoms with Gasteiger partial charge in [-0.15, -0.1) is 0 Å². The van der Waals surface area contributed by atoms with Gasteiger partial charge in [0.25, 0.3) is 5.91 Å². The van der Waals surface area contributed by atoms with Crippen molar-refractivity contribution in [3.05, 3.63) is 34.1 Å². The molecule has 0 fully saturated rings. The molecule has 2 amide bonds. The van der Waals surface area contributed by atoms with Gasteiger partial charge in [0.05, 0.1) is 5.56 Å². The molecule has 0 heterocycles. The van der Waals surface area contributed by atoms with E-state index in [1.807, 2.05) is 13.8 Å². The van der Waals surface area contributed by atoms with Gasteiger partial charge in [0, 0.05) is 23.0 Å². The van der Waals surface area contributed by atoms with Crippen LogP contribution in [0.15, 0.2) is 22.7 Å². The lowest BCUT2D eigenvalue weighted by Gasteiger charge is -2.16. The van der Waals surface area contributed by atoms with Crippen molar-refractivity contribution >= 4 is 27.7 Å². The lowest BCUT2D eigenvalue weighted by Crippen LogP contribution is -2.39. The Bertz CT molecular complexity index is 486. The number of amides is 2. The molecule has 4 nitrogen and oxygen atoms in total. The normalized spacial score (nSPS) is 12.1. The van der Waals surface area contributed by atoms with Crippen LogP contribution in [-0.2, 0) is 4.79 Å². The minimum Gasteiger partial charge on any atom is -0.354 e. The molecule has 0 aliphatic carbocycles. The van der Waals surface area contributed by atoms with Gasteiger partial charge in [-0.2, -0.15) is 0 Å². The van der Waals surface area contributed by atoms with Crippen molar-refractivity contribution in [3.8, 4) is 0 Å². The number of carbonyl (C=O) groups is 2. The van der Waals surface area contributed by atoms with Crippen molar-refractivity contribution in [2.24, 2.45) is 0 Å². The predicted octanol–water partition coefficient (Wildman–Crippen LogP) is 2.62. The summed E-state index contributed by atoms with van der Waals surface area (Å²) in [5.74, 6) is -1.30. The van der Waals surface area contributed by atoms with Crippen molar-refractivity contribution in [2.45, 2.75) is 39.3 Å². The smallest absolute Gasteiger partial charge is 0.255 e. The third kappa shape index (κ3) is 4.92. The van der Waals surface area contributed by atoms with Gasteiger partial charge in [0.15, 0.2) is 0 Å². The first kappa shape index (κ1) is 16.6. The maximum atomic E-state index is 13.6. The fourth-order valence-electron chi connectivity index (χ4n) is 1.72. The third-order valence-corrected chi connectivity index (χ3v) is 3.17. The van der Waals surface area contributed by atoms with Gasteiger partial charge in [-0.3, -0.25) is 9.59 Å². The van der Waals surface area contributed by atoms with E-state index in [1.54, 1.807) is 13.0 Å². The highest BCUT2D eigenvalue weighted by Crippen LogP contribution is 2.19. The highest BCUT2D eigenvalue weighted by atomic mass is 79.9. The second-order valence-electron chi connectivity index (χ2n) is 4.90. The van der Waals surface area contributed by atoms with Gasteiger partial charge >= 0.3 is 0 Å². The van der Waals surface area contributed by atoms with Gasteiger partial charge in [0.2, 0.25) is 5.91 Å². The van der Waals surface area contributed by atoms with Crippen LogP contribution < -0.4 is 10.6 Å². The van der Waals surface area contributed by atoms with Crippen molar-refractivity contribution < 1.29 is 14.0 Å². The zero-order chi connectivity index (χ0) is 15.3. The molecule has 1 aromatic carbocycles. The van der Waals surface area contributed by atoms with Crippen molar-refractivity contribution in [1.82, 2.24) is 10.6 Å². The average molecular weight is 345 g/mol. The summed E-state index contributed by atoms with van der Waals surface area (Å²) in [5.41, 5.74) is -0.0522. The molecule has 20 heavy (non-hydrogen) atoms. The molecule has 0 radical (unpaired) electrons. The monoisotopic (exact) mass is 344 g/mol. The number of carbonyl (C=O) groups excluding carboxylic acids is 2. The lowest BCUT2D eigenvalue weighted by atomic mass is 10.1. The quantitative estimate of drug-likeness (QED) is 0.862. The van der Waals surface area contributed by atoms with Crippen LogP contribution >= 0.6 is 15.9 Å². The fourth-order valence-corrected chi connectivity index (χ4v) is 2.24. The Labute approximate surface area is 126 Å². The van der Waals surface area contributed by atoms with Crippen LogP contribution in [0.2, 0.25) is 0 Å². The van der Waals surface area contributed by atoms with Gasteiger partial charge in [-0.05, 0) is 48.8 Å². The first-order chi connectivity index (χ1) is 9.31. The van der Waals surface area contributed by atoms with E-state index in [2.05, 4.69) is 26.6 Å².